The summed E-state index contributed by atoms with van der Waals surface area (Å²) in [5, 5.41) is 12.2. The van der Waals surface area contributed by atoms with Gasteiger partial charge in [0.25, 0.3) is 0 Å². The van der Waals surface area contributed by atoms with Crippen LogP contribution in [0.25, 0.3) is 0 Å². The van der Waals surface area contributed by atoms with Crippen LogP contribution in [0.2, 0.25) is 0 Å². The van der Waals surface area contributed by atoms with E-state index in [1.165, 1.54) is 12.3 Å². The van der Waals surface area contributed by atoms with Crippen LogP contribution in [-0.2, 0) is 4.74 Å². The van der Waals surface area contributed by atoms with E-state index >= 15 is 0 Å². The van der Waals surface area contributed by atoms with Crippen LogP contribution in [0.3, 0.4) is 0 Å². The molecule has 6 nitrogen and oxygen atoms in total. The van der Waals surface area contributed by atoms with Gasteiger partial charge >= 0.3 is 0 Å². The monoisotopic (exact) mass is 280 g/mol. The molecule has 3 N–H and O–H groups in total. The van der Waals surface area contributed by atoms with Crippen LogP contribution in [-0.4, -0.2) is 49.9 Å². The van der Waals surface area contributed by atoms with Crippen LogP contribution in [0.4, 0.5) is 15.8 Å². The van der Waals surface area contributed by atoms with Gasteiger partial charge in [-0.05, 0) is 12.1 Å². The molecule has 0 aliphatic carbocycles. The highest BCUT2D eigenvalue weighted by Crippen LogP contribution is 2.24. The van der Waals surface area contributed by atoms with Gasteiger partial charge in [-0.2, -0.15) is 5.10 Å². The smallest absolute Gasteiger partial charge is 0.148 e. The zero-order chi connectivity index (χ0) is 14.4. The standard InChI is InChI=1S/C13H17FN4O2/c14-12-7-10(16-8-11(9-19)17-15)1-2-13(12)18-3-5-20-6-4-18/h1-2,7-8,19H,3-6,9,15H2. The number of aliphatic hydroxyl groups is 1. The van der Waals surface area contributed by atoms with Crippen molar-refractivity contribution in [2.45, 2.75) is 0 Å². The molecule has 1 aromatic carbocycles. The van der Waals surface area contributed by atoms with Crippen molar-refractivity contribution in [2.75, 3.05) is 37.8 Å². The SMILES string of the molecule is NN=C(C=Nc1ccc(N2CCOCC2)c(F)c1)CO. The molecule has 1 aliphatic rings. The van der Waals surface area contributed by atoms with Gasteiger partial charge in [0.2, 0.25) is 0 Å². The van der Waals surface area contributed by atoms with Crippen LogP contribution in [0.5, 0.6) is 0 Å². The van der Waals surface area contributed by atoms with Gasteiger partial charge in [0.1, 0.15) is 11.5 Å². The van der Waals surface area contributed by atoms with E-state index < -0.39 is 0 Å². The number of hydrogen-bond acceptors (Lipinski definition) is 6. The number of hydrogen-bond donors (Lipinski definition) is 2. The number of anilines is 1. The number of nitrogens with two attached hydrogens (primary N) is 1. The summed E-state index contributed by atoms with van der Waals surface area (Å²) in [5.41, 5.74) is 1.21. The fourth-order valence-electron chi connectivity index (χ4n) is 1.90. The van der Waals surface area contributed by atoms with Gasteiger partial charge < -0.3 is 20.6 Å². The molecule has 0 unspecified atom stereocenters. The molecule has 108 valence electrons. The second-order valence-corrected chi connectivity index (χ2v) is 4.27. The normalized spacial score (nSPS) is 16.9. The van der Waals surface area contributed by atoms with Gasteiger partial charge in [0, 0.05) is 19.2 Å². The summed E-state index contributed by atoms with van der Waals surface area (Å²) in [5.74, 6) is 4.71. The minimum Gasteiger partial charge on any atom is -0.390 e. The molecule has 0 radical (unpaired) electrons. The van der Waals surface area contributed by atoms with Gasteiger partial charge in [-0.3, -0.25) is 4.99 Å². The molecule has 0 spiro atoms. The number of aliphatic imine (C=N–C) groups is 1. The van der Waals surface area contributed by atoms with Crippen molar-refractivity contribution in [3.8, 4) is 0 Å². The van der Waals surface area contributed by atoms with Crippen molar-refractivity contribution in [1.82, 2.24) is 0 Å². The molecule has 1 aliphatic heterocycles. The van der Waals surface area contributed by atoms with E-state index in [9.17, 15) is 4.39 Å². The second kappa shape index (κ2) is 6.97. The van der Waals surface area contributed by atoms with E-state index in [1.54, 1.807) is 12.1 Å². The van der Waals surface area contributed by atoms with Crippen molar-refractivity contribution in [1.29, 1.82) is 0 Å². The van der Waals surface area contributed by atoms with Crippen molar-refractivity contribution in [3.05, 3.63) is 24.0 Å². The van der Waals surface area contributed by atoms with Crippen LogP contribution in [0, 0.1) is 5.82 Å². The number of morpholine rings is 1. The molecule has 0 amide bonds. The number of benzene rings is 1. The molecular formula is C13H17FN4O2. The maximum absolute atomic E-state index is 14.1. The van der Waals surface area contributed by atoms with E-state index in [4.69, 9.17) is 15.7 Å². The lowest BCUT2D eigenvalue weighted by molar-refractivity contribution is 0.122. The number of ether oxygens (including phenoxy) is 1. The lowest BCUT2D eigenvalue weighted by atomic mass is 10.2. The predicted octanol–water partition coefficient (Wildman–Crippen LogP) is 0.672. The van der Waals surface area contributed by atoms with Gasteiger partial charge in [-0.25, -0.2) is 4.39 Å². The summed E-state index contributed by atoms with van der Waals surface area (Å²) in [6, 6.07) is 4.73. The number of hydrazone groups is 1. The molecule has 20 heavy (non-hydrogen) atoms. The maximum atomic E-state index is 14.1. The van der Waals surface area contributed by atoms with Gasteiger partial charge in [0.05, 0.1) is 37.4 Å². The Kier molecular flexibility index (Phi) is 5.03. The average molecular weight is 280 g/mol. The molecule has 1 fully saturated rings. The molecular weight excluding hydrogens is 263 g/mol. The largest absolute Gasteiger partial charge is 0.390 e. The van der Waals surface area contributed by atoms with Crippen molar-refractivity contribution in [2.24, 2.45) is 15.9 Å². The lowest BCUT2D eigenvalue weighted by Gasteiger charge is -2.29. The minimum atomic E-state index is -0.336. The van der Waals surface area contributed by atoms with Crippen LogP contribution in [0.1, 0.15) is 0 Å². The highest BCUT2D eigenvalue weighted by Gasteiger charge is 2.15. The van der Waals surface area contributed by atoms with E-state index in [-0.39, 0.29) is 18.1 Å². The quantitative estimate of drug-likeness (QED) is 0.482. The molecule has 1 aromatic rings. The van der Waals surface area contributed by atoms with Crippen molar-refractivity contribution in [3.63, 3.8) is 0 Å². The fraction of sp³-hybridized carbons (Fsp3) is 0.385. The molecule has 1 heterocycles. The summed E-state index contributed by atoms with van der Waals surface area (Å²) < 4.78 is 19.3. The number of rotatable bonds is 4. The zero-order valence-electron chi connectivity index (χ0n) is 11.0. The summed E-state index contributed by atoms with van der Waals surface area (Å²) >= 11 is 0. The number of nitrogens with zero attached hydrogens (tertiary/aromatic N) is 3. The highest BCUT2D eigenvalue weighted by atomic mass is 19.1. The first-order valence-electron chi connectivity index (χ1n) is 6.28. The van der Waals surface area contributed by atoms with Crippen molar-refractivity contribution >= 4 is 23.3 Å². The lowest BCUT2D eigenvalue weighted by Crippen LogP contribution is -2.36. The summed E-state index contributed by atoms with van der Waals surface area (Å²) in [4.78, 5) is 5.95. The van der Waals surface area contributed by atoms with Crippen molar-refractivity contribution < 1.29 is 14.2 Å². The van der Waals surface area contributed by atoms with E-state index in [0.29, 0.717) is 37.7 Å². The number of halogens is 1. The van der Waals surface area contributed by atoms with Gasteiger partial charge in [-0.1, -0.05) is 0 Å². The van der Waals surface area contributed by atoms with E-state index in [1.807, 2.05) is 4.90 Å². The highest BCUT2D eigenvalue weighted by molar-refractivity contribution is 6.31. The third kappa shape index (κ3) is 3.52. The molecule has 7 heteroatoms. The topological polar surface area (TPSA) is 83.4 Å². The van der Waals surface area contributed by atoms with Crippen LogP contribution >= 0.6 is 0 Å². The Morgan fingerprint density at radius 3 is 2.80 bits per heavy atom. The summed E-state index contributed by atoms with van der Waals surface area (Å²) in [7, 11) is 0. The predicted molar refractivity (Wildman–Crippen MR) is 76.3 cm³/mol. The Labute approximate surface area is 116 Å². The van der Waals surface area contributed by atoms with E-state index in [0.717, 1.165) is 0 Å². The molecule has 0 aromatic heterocycles. The first kappa shape index (κ1) is 14.4. The molecule has 1 saturated heterocycles. The first-order chi connectivity index (χ1) is 9.74. The van der Waals surface area contributed by atoms with E-state index in [2.05, 4.69) is 10.1 Å². The number of aliphatic hydroxyl groups excluding tert-OH is 1. The van der Waals surface area contributed by atoms with Crippen LogP contribution < -0.4 is 10.7 Å². The van der Waals surface area contributed by atoms with Gasteiger partial charge in [0.15, 0.2) is 0 Å². The summed E-state index contributed by atoms with van der Waals surface area (Å²) in [6.07, 6.45) is 1.31. The Bertz CT molecular complexity index is 513. The Hall–Kier alpha value is -1.99. The Balaban J connectivity index is 2.13. The average Bonchev–Trinajstić information content (AvgIpc) is 2.49. The fourth-order valence-corrected chi connectivity index (χ4v) is 1.90. The third-order valence-electron chi connectivity index (χ3n) is 2.97. The third-order valence-corrected chi connectivity index (χ3v) is 2.97. The van der Waals surface area contributed by atoms with Crippen LogP contribution in [0.15, 0.2) is 28.3 Å². The first-order valence-corrected chi connectivity index (χ1v) is 6.28. The minimum absolute atomic E-state index is 0.225. The molecule has 0 atom stereocenters. The summed E-state index contributed by atoms with van der Waals surface area (Å²) in [6.45, 7) is 2.24. The maximum Gasteiger partial charge on any atom is 0.148 e. The molecule has 2 rings (SSSR count). The second-order valence-electron chi connectivity index (χ2n) is 4.27. The molecule has 0 bridgehead atoms. The zero-order valence-corrected chi connectivity index (χ0v) is 11.0. The molecule has 0 saturated carbocycles. The van der Waals surface area contributed by atoms with Gasteiger partial charge in [-0.15, -0.1) is 0 Å². The Morgan fingerprint density at radius 2 is 2.20 bits per heavy atom. The Morgan fingerprint density at radius 1 is 1.45 bits per heavy atom.